The monoisotopic (exact) mass is 481 g/mol. The molecule has 1 aromatic carbocycles. The van der Waals surface area contributed by atoms with Gasteiger partial charge in [-0.3, -0.25) is 4.99 Å². The van der Waals surface area contributed by atoms with E-state index in [1.807, 2.05) is 13.0 Å². The maximum absolute atomic E-state index is 14.2. The normalized spacial score (nSPS) is 16.6. The summed E-state index contributed by atoms with van der Waals surface area (Å²) >= 11 is 1.80. The number of guanidine groups is 1. The van der Waals surface area contributed by atoms with E-state index in [1.54, 1.807) is 24.9 Å². The first kappa shape index (κ1) is 22.3. The van der Waals surface area contributed by atoms with E-state index in [-0.39, 0.29) is 35.8 Å². The molecule has 0 spiro atoms. The molecule has 142 valence electrons. The molecule has 1 saturated carbocycles. The summed E-state index contributed by atoms with van der Waals surface area (Å²) in [6.45, 7) is 5.60. The molecular formula is C18H29FIN3OS. The predicted octanol–water partition coefficient (Wildman–Crippen LogP) is 4.21. The van der Waals surface area contributed by atoms with Crippen LogP contribution in [0.15, 0.2) is 23.2 Å². The van der Waals surface area contributed by atoms with Crippen molar-refractivity contribution in [2.75, 3.05) is 26.5 Å². The molecule has 0 bridgehead atoms. The minimum Gasteiger partial charge on any atom is -0.490 e. The van der Waals surface area contributed by atoms with E-state index in [4.69, 9.17) is 4.74 Å². The van der Waals surface area contributed by atoms with E-state index in [0.717, 1.165) is 18.1 Å². The number of thioether (sulfide) groups is 1. The van der Waals surface area contributed by atoms with Crippen LogP contribution in [0.5, 0.6) is 5.75 Å². The van der Waals surface area contributed by atoms with E-state index in [9.17, 15) is 4.39 Å². The Morgan fingerprint density at radius 3 is 2.68 bits per heavy atom. The molecule has 0 heterocycles. The highest BCUT2D eigenvalue weighted by Crippen LogP contribution is 2.30. The van der Waals surface area contributed by atoms with Crippen LogP contribution in [0.2, 0.25) is 0 Å². The van der Waals surface area contributed by atoms with E-state index < -0.39 is 0 Å². The zero-order valence-corrected chi connectivity index (χ0v) is 18.5. The first-order chi connectivity index (χ1) is 11.5. The van der Waals surface area contributed by atoms with Gasteiger partial charge in [0.25, 0.3) is 0 Å². The average molecular weight is 481 g/mol. The summed E-state index contributed by atoms with van der Waals surface area (Å²) in [6.07, 6.45) is 4.48. The number of ether oxygens (including phenoxy) is 1. The van der Waals surface area contributed by atoms with Crippen LogP contribution >= 0.6 is 35.7 Å². The number of nitrogens with zero attached hydrogens (tertiary/aromatic N) is 1. The highest BCUT2D eigenvalue weighted by atomic mass is 127. The third-order valence-corrected chi connectivity index (χ3v) is 5.13. The third kappa shape index (κ3) is 7.60. The van der Waals surface area contributed by atoms with Gasteiger partial charge in [0.2, 0.25) is 0 Å². The Kier molecular flexibility index (Phi) is 9.92. The van der Waals surface area contributed by atoms with Gasteiger partial charge in [0.15, 0.2) is 17.5 Å². The lowest BCUT2D eigenvalue weighted by atomic mass is 10.1. The van der Waals surface area contributed by atoms with Crippen molar-refractivity contribution in [1.82, 2.24) is 10.6 Å². The number of nitrogens with one attached hydrogen (secondary N) is 2. The molecule has 1 aromatic rings. The Hall–Kier alpha value is -0.700. The zero-order chi connectivity index (χ0) is 17.5. The van der Waals surface area contributed by atoms with Gasteiger partial charge >= 0.3 is 0 Å². The maximum Gasteiger partial charge on any atom is 0.191 e. The summed E-state index contributed by atoms with van der Waals surface area (Å²) in [5, 5.41) is 7.08. The highest BCUT2D eigenvalue weighted by molar-refractivity contribution is 14.0. The predicted molar refractivity (Wildman–Crippen MR) is 116 cm³/mol. The average Bonchev–Trinajstić information content (AvgIpc) is 3.41. The Morgan fingerprint density at radius 1 is 1.40 bits per heavy atom. The van der Waals surface area contributed by atoms with Gasteiger partial charge in [0.1, 0.15) is 0 Å². The zero-order valence-electron chi connectivity index (χ0n) is 15.3. The molecule has 0 aromatic heterocycles. The van der Waals surface area contributed by atoms with E-state index in [1.165, 1.54) is 18.9 Å². The Bertz CT molecular complexity index is 569. The van der Waals surface area contributed by atoms with E-state index in [0.29, 0.717) is 23.5 Å². The van der Waals surface area contributed by atoms with Crippen molar-refractivity contribution in [3.05, 3.63) is 29.6 Å². The van der Waals surface area contributed by atoms with Crippen LogP contribution in [0.25, 0.3) is 0 Å². The van der Waals surface area contributed by atoms with Crippen LogP contribution in [0.1, 0.15) is 38.3 Å². The number of hydrogen-bond donors (Lipinski definition) is 2. The maximum atomic E-state index is 14.2. The Morgan fingerprint density at radius 2 is 2.12 bits per heavy atom. The van der Waals surface area contributed by atoms with Gasteiger partial charge in [-0.1, -0.05) is 13.0 Å². The minimum absolute atomic E-state index is 0. The summed E-state index contributed by atoms with van der Waals surface area (Å²) in [6, 6.07) is 5.11. The molecule has 0 amide bonds. The van der Waals surface area contributed by atoms with Crippen LogP contribution in [0.3, 0.4) is 0 Å². The van der Waals surface area contributed by atoms with Crippen molar-refractivity contribution in [1.29, 1.82) is 0 Å². The summed E-state index contributed by atoms with van der Waals surface area (Å²) < 4.78 is 19.7. The standard InChI is InChI=1S/C18H28FN3OS.HI/c1-12(24-4)10-21-18(20-3)22-13(2)15-7-8-17(16(19)9-15)23-11-14-5-6-14;/h7-9,12-14H,5-6,10-11H2,1-4H3,(H2,20,21,22);1H. The third-order valence-electron chi connectivity index (χ3n) is 4.16. The van der Waals surface area contributed by atoms with Gasteiger partial charge in [0, 0.05) is 18.8 Å². The Balaban J connectivity index is 0.00000312. The van der Waals surface area contributed by atoms with Gasteiger partial charge in [0.05, 0.1) is 12.6 Å². The van der Waals surface area contributed by atoms with Gasteiger partial charge < -0.3 is 15.4 Å². The smallest absolute Gasteiger partial charge is 0.191 e. The number of benzene rings is 1. The van der Waals surface area contributed by atoms with Crippen molar-refractivity contribution in [3.8, 4) is 5.75 Å². The SMILES string of the molecule is CN=C(NCC(C)SC)NC(C)c1ccc(OCC2CC2)c(F)c1.I. The number of hydrogen-bond acceptors (Lipinski definition) is 3. The molecule has 1 aliphatic carbocycles. The molecule has 0 saturated heterocycles. The first-order valence-electron chi connectivity index (χ1n) is 8.45. The van der Waals surface area contributed by atoms with E-state index >= 15 is 0 Å². The van der Waals surface area contributed by atoms with Gasteiger partial charge in [-0.2, -0.15) is 11.8 Å². The van der Waals surface area contributed by atoms with Gasteiger partial charge in [-0.05, 0) is 49.6 Å². The lowest BCUT2D eigenvalue weighted by molar-refractivity contribution is 0.285. The molecule has 0 aliphatic heterocycles. The summed E-state index contributed by atoms with van der Waals surface area (Å²) in [5.41, 5.74) is 0.868. The fourth-order valence-electron chi connectivity index (χ4n) is 2.20. The Labute approximate surface area is 171 Å². The lowest BCUT2D eigenvalue weighted by Gasteiger charge is -2.20. The second kappa shape index (κ2) is 11.1. The van der Waals surface area contributed by atoms with Gasteiger partial charge in [-0.15, -0.1) is 24.0 Å². The van der Waals surface area contributed by atoms with Gasteiger partial charge in [-0.25, -0.2) is 4.39 Å². The van der Waals surface area contributed by atoms with Crippen molar-refractivity contribution < 1.29 is 9.13 Å². The lowest BCUT2D eigenvalue weighted by Crippen LogP contribution is -2.41. The number of rotatable bonds is 8. The quantitative estimate of drug-likeness (QED) is 0.332. The van der Waals surface area contributed by atoms with Crippen LogP contribution in [-0.2, 0) is 0 Å². The topological polar surface area (TPSA) is 45.7 Å². The molecule has 2 unspecified atom stereocenters. The molecule has 0 radical (unpaired) electrons. The summed E-state index contributed by atoms with van der Waals surface area (Å²) in [4.78, 5) is 4.22. The fourth-order valence-corrected chi connectivity index (χ4v) is 2.45. The summed E-state index contributed by atoms with van der Waals surface area (Å²) in [5.74, 6) is 1.37. The highest BCUT2D eigenvalue weighted by Gasteiger charge is 2.22. The molecular weight excluding hydrogens is 452 g/mol. The fraction of sp³-hybridized carbons (Fsp3) is 0.611. The second-order valence-corrected chi connectivity index (χ2v) is 7.59. The van der Waals surface area contributed by atoms with Crippen LogP contribution < -0.4 is 15.4 Å². The van der Waals surface area contributed by atoms with Crippen LogP contribution in [0, 0.1) is 11.7 Å². The van der Waals surface area contributed by atoms with Crippen molar-refractivity contribution >= 4 is 41.7 Å². The number of halogens is 2. The molecule has 1 aliphatic rings. The summed E-state index contributed by atoms with van der Waals surface area (Å²) in [7, 11) is 1.74. The van der Waals surface area contributed by atoms with Crippen LogP contribution in [0.4, 0.5) is 4.39 Å². The number of aliphatic imine (C=N–C) groups is 1. The molecule has 1 fully saturated rings. The van der Waals surface area contributed by atoms with Crippen molar-refractivity contribution in [3.63, 3.8) is 0 Å². The van der Waals surface area contributed by atoms with Crippen molar-refractivity contribution in [2.24, 2.45) is 10.9 Å². The molecule has 7 heteroatoms. The largest absolute Gasteiger partial charge is 0.490 e. The molecule has 2 atom stereocenters. The second-order valence-electron chi connectivity index (χ2n) is 6.31. The van der Waals surface area contributed by atoms with Crippen molar-refractivity contribution in [2.45, 2.75) is 38.0 Å². The molecule has 4 nitrogen and oxygen atoms in total. The van der Waals surface area contributed by atoms with E-state index in [2.05, 4.69) is 28.8 Å². The van der Waals surface area contributed by atoms with Crippen LogP contribution in [-0.4, -0.2) is 37.7 Å². The first-order valence-corrected chi connectivity index (χ1v) is 9.74. The minimum atomic E-state index is -0.305. The molecule has 2 rings (SSSR count). The molecule has 2 N–H and O–H groups in total. The molecule has 25 heavy (non-hydrogen) atoms.